The SMILES string of the molecule is CC(=O)O[C@@H]1CC[C@]2(C)[C@H](CC[C@]3(C)[C@@H]2C(=O)C=C2[C@@H]4C[C@](C)(C(=O)Nc5ccc(N=Nc6ccccc6)cc5)CC[C@]4(C)CC[C@]23C)C1(C)C. The number of esters is 1. The molecule has 0 aliphatic heterocycles. The zero-order chi connectivity index (χ0) is 36.6. The lowest BCUT2D eigenvalue weighted by Gasteiger charge is -2.70. The Morgan fingerprint density at radius 2 is 1.43 bits per heavy atom. The molecule has 4 saturated carbocycles. The fourth-order valence-corrected chi connectivity index (χ4v) is 12.3. The van der Waals surface area contributed by atoms with Gasteiger partial charge in [-0.1, -0.05) is 72.2 Å². The van der Waals surface area contributed by atoms with E-state index in [1.165, 1.54) is 12.5 Å². The van der Waals surface area contributed by atoms with Crippen LogP contribution in [0, 0.1) is 50.2 Å². The van der Waals surface area contributed by atoms with Crippen LogP contribution in [0.25, 0.3) is 0 Å². The molecule has 0 bridgehead atoms. The van der Waals surface area contributed by atoms with Gasteiger partial charge in [0.1, 0.15) is 6.10 Å². The Kier molecular flexibility index (Phi) is 8.58. The molecule has 2 aromatic rings. The van der Waals surface area contributed by atoms with Gasteiger partial charge < -0.3 is 10.1 Å². The van der Waals surface area contributed by atoms with E-state index in [2.05, 4.69) is 70.1 Å². The van der Waals surface area contributed by atoms with Crippen LogP contribution in [0.2, 0.25) is 0 Å². The van der Waals surface area contributed by atoms with Crippen molar-refractivity contribution in [2.75, 3.05) is 5.32 Å². The van der Waals surface area contributed by atoms with E-state index in [1.807, 2.05) is 54.6 Å². The molecular formula is C44H57N3O4. The summed E-state index contributed by atoms with van der Waals surface area (Å²) in [4.78, 5) is 41.0. The summed E-state index contributed by atoms with van der Waals surface area (Å²) in [6, 6.07) is 17.2. The molecule has 0 spiro atoms. The number of fused-ring (bicyclic) bond motifs is 7. The number of rotatable bonds is 5. The monoisotopic (exact) mass is 691 g/mol. The molecule has 7 nitrogen and oxygen atoms in total. The molecule has 7 rings (SSSR count). The van der Waals surface area contributed by atoms with Crippen LogP contribution in [0.3, 0.4) is 0 Å². The molecule has 7 heteroatoms. The summed E-state index contributed by atoms with van der Waals surface area (Å²) < 4.78 is 5.89. The molecular weight excluding hydrogens is 635 g/mol. The molecule has 1 amide bonds. The Balaban J connectivity index is 1.14. The fraction of sp³-hybridized carbons (Fsp3) is 0.614. The molecule has 1 N–H and O–H groups in total. The number of hydrogen-bond donors (Lipinski definition) is 1. The average molecular weight is 692 g/mol. The third-order valence-corrected chi connectivity index (χ3v) is 15.5. The topological polar surface area (TPSA) is 97.2 Å². The molecule has 0 radical (unpaired) electrons. The number of ketones is 1. The van der Waals surface area contributed by atoms with E-state index in [-0.39, 0.29) is 62.7 Å². The Bertz CT molecular complexity index is 1780. The van der Waals surface area contributed by atoms with Gasteiger partial charge in [-0.05, 0) is 134 Å². The molecule has 0 heterocycles. The summed E-state index contributed by atoms with van der Waals surface area (Å²) >= 11 is 0. The smallest absolute Gasteiger partial charge is 0.302 e. The highest BCUT2D eigenvalue weighted by Gasteiger charge is 2.70. The van der Waals surface area contributed by atoms with E-state index in [0.29, 0.717) is 5.92 Å². The lowest BCUT2D eigenvalue weighted by molar-refractivity contribution is -0.210. The molecule has 0 aromatic heterocycles. The zero-order valence-electron chi connectivity index (χ0n) is 32.0. The maximum Gasteiger partial charge on any atom is 0.302 e. The number of anilines is 1. The molecule has 2 aromatic carbocycles. The number of hydrogen-bond acceptors (Lipinski definition) is 6. The van der Waals surface area contributed by atoms with E-state index < -0.39 is 5.41 Å². The lowest BCUT2D eigenvalue weighted by atomic mass is 9.33. The molecule has 4 fully saturated rings. The third-order valence-electron chi connectivity index (χ3n) is 15.5. The average Bonchev–Trinajstić information content (AvgIpc) is 3.08. The maximum atomic E-state index is 14.8. The molecule has 5 aliphatic carbocycles. The first-order valence-electron chi connectivity index (χ1n) is 19.3. The van der Waals surface area contributed by atoms with Gasteiger partial charge in [-0.2, -0.15) is 10.2 Å². The number of allylic oxidation sites excluding steroid dienone is 2. The van der Waals surface area contributed by atoms with E-state index in [9.17, 15) is 14.4 Å². The summed E-state index contributed by atoms with van der Waals surface area (Å²) in [6.45, 7) is 17.8. The van der Waals surface area contributed by atoms with E-state index in [1.54, 1.807) is 0 Å². The van der Waals surface area contributed by atoms with Gasteiger partial charge in [0, 0.05) is 29.4 Å². The van der Waals surface area contributed by atoms with Crippen LogP contribution in [0.1, 0.15) is 113 Å². The normalized spacial score (nSPS) is 39.8. The van der Waals surface area contributed by atoms with Crippen molar-refractivity contribution in [3.63, 3.8) is 0 Å². The highest BCUT2D eigenvalue weighted by atomic mass is 16.5. The van der Waals surface area contributed by atoms with Crippen LogP contribution in [-0.2, 0) is 19.1 Å². The quantitative estimate of drug-likeness (QED) is 0.249. The van der Waals surface area contributed by atoms with Crippen molar-refractivity contribution in [2.45, 2.75) is 119 Å². The molecule has 272 valence electrons. The van der Waals surface area contributed by atoms with Crippen molar-refractivity contribution in [3.8, 4) is 0 Å². The molecule has 51 heavy (non-hydrogen) atoms. The van der Waals surface area contributed by atoms with Crippen molar-refractivity contribution < 1.29 is 19.1 Å². The molecule has 9 atom stereocenters. The first-order valence-corrected chi connectivity index (χ1v) is 19.3. The molecule has 5 aliphatic rings. The summed E-state index contributed by atoms with van der Waals surface area (Å²) in [5.74, 6) is 0.494. The van der Waals surface area contributed by atoms with Crippen LogP contribution < -0.4 is 5.32 Å². The van der Waals surface area contributed by atoms with Gasteiger partial charge in [-0.3, -0.25) is 14.4 Å². The molecule has 0 saturated heterocycles. The van der Waals surface area contributed by atoms with Gasteiger partial charge in [0.2, 0.25) is 5.91 Å². The zero-order valence-corrected chi connectivity index (χ0v) is 32.0. The van der Waals surface area contributed by atoms with Crippen LogP contribution in [0.15, 0.2) is 76.5 Å². The van der Waals surface area contributed by atoms with Gasteiger partial charge >= 0.3 is 5.97 Å². The second kappa shape index (κ2) is 12.2. The number of nitrogens with zero attached hydrogens (tertiary/aromatic N) is 2. The first-order chi connectivity index (χ1) is 24.0. The van der Waals surface area contributed by atoms with Gasteiger partial charge in [0.05, 0.1) is 11.4 Å². The van der Waals surface area contributed by atoms with Crippen molar-refractivity contribution in [2.24, 2.45) is 60.5 Å². The second-order valence-corrected chi connectivity index (χ2v) is 18.7. The van der Waals surface area contributed by atoms with Gasteiger partial charge in [0.25, 0.3) is 0 Å². The van der Waals surface area contributed by atoms with Crippen molar-refractivity contribution in [3.05, 3.63) is 66.2 Å². The van der Waals surface area contributed by atoms with Crippen molar-refractivity contribution in [1.29, 1.82) is 0 Å². The van der Waals surface area contributed by atoms with Gasteiger partial charge in [-0.15, -0.1) is 0 Å². The van der Waals surface area contributed by atoms with Gasteiger partial charge in [0.15, 0.2) is 5.78 Å². The standard InChI is InChI=1S/C44H57N3O4/c1-28(48)51-36-19-20-42(6)35(39(36,2)3)18-21-44(8)37(42)34(49)26-32-33-27-41(5,23-22-40(33,4)24-25-43(32,44)7)38(50)45-29-14-16-31(17-15-29)47-46-30-12-10-9-11-13-30/h9-17,26,33,35-37H,18-25,27H2,1-8H3,(H,45,50)/t33-,35+,36+,37+,40+,41+,42+,43+,44+/m0/s1. The van der Waals surface area contributed by atoms with Crippen molar-refractivity contribution >= 4 is 34.7 Å². The Labute approximate surface area is 304 Å². The number of amides is 1. The summed E-state index contributed by atoms with van der Waals surface area (Å²) in [6.07, 6.45) is 10.4. The summed E-state index contributed by atoms with van der Waals surface area (Å²) in [5, 5.41) is 11.9. The number of carbonyl (C=O) groups excluding carboxylic acids is 3. The number of nitrogens with one attached hydrogen (secondary N) is 1. The summed E-state index contributed by atoms with van der Waals surface area (Å²) in [5.41, 5.74) is 2.39. The number of carbonyl (C=O) groups is 3. The van der Waals surface area contributed by atoms with Crippen LogP contribution in [0.4, 0.5) is 17.1 Å². The number of ether oxygens (including phenoxy) is 1. The predicted octanol–water partition coefficient (Wildman–Crippen LogP) is 11.0. The Morgan fingerprint density at radius 3 is 2.10 bits per heavy atom. The Hall–Kier alpha value is -3.61. The second-order valence-electron chi connectivity index (χ2n) is 18.7. The van der Waals surface area contributed by atoms with E-state index in [4.69, 9.17) is 4.74 Å². The van der Waals surface area contributed by atoms with Crippen molar-refractivity contribution in [1.82, 2.24) is 0 Å². The molecule has 0 unspecified atom stereocenters. The predicted molar refractivity (Wildman–Crippen MR) is 201 cm³/mol. The lowest BCUT2D eigenvalue weighted by Crippen LogP contribution is -2.66. The van der Waals surface area contributed by atoms with E-state index in [0.717, 1.165) is 74.8 Å². The minimum absolute atomic E-state index is 0.0436. The minimum Gasteiger partial charge on any atom is -0.462 e. The van der Waals surface area contributed by atoms with Crippen LogP contribution in [0.5, 0.6) is 0 Å². The maximum absolute atomic E-state index is 14.8. The third kappa shape index (κ3) is 5.63. The van der Waals surface area contributed by atoms with Crippen LogP contribution in [-0.4, -0.2) is 23.8 Å². The Morgan fingerprint density at radius 1 is 0.784 bits per heavy atom. The first kappa shape index (κ1) is 35.8. The summed E-state index contributed by atoms with van der Waals surface area (Å²) in [7, 11) is 0. The van der Waals surface area contributed by atoms with Crippen LogP contribution >= 0.6 is 0 Å². The van der Waals surface area contributed by atoms with E-state index >= 15 is 0 Å². The minimum atomic E-state index is -0.557. The highest BCUT2D eigenvalue weighted by molar-refractivity contribution is 5.97. The number of azo groups is 1. The number of benzene rings is 2. The highest BCUT2D eigenvalue weighted by Crippen LogP contribution is 2.75. The van der Waals surface area contributed by atoms with Gasteiger partial charge in [-0.25, -0.2) is 0 Å². The largest absolute Gasteiger partial charge is 0.462 e. The fourth-order valence-electron chi connectivity index (χ4n) is 12.3.